The molecule has 1 nitrogen and oxygen atoms in total. The first-order valence-electron chi connectivity index (χ1n) is 2.53. The predicted molar refractivity (Wildman–Crippen MR) is 32.5 cm³/mol. The van der Waals surface area contributed by atoms with Crippen molar-refractivity contribution in [3.63, 3.8) is 0 Å². The highest BCUT2D eigenvalue weighted by Gasteiger charge is 1.82. The number of rotatable bonds is 0. The summed E-state index contributed by atoms with van der Waals surface area (Å²) in [7, 11) is 5.44. The highest BCUT2D eigenvalue weighted by atomic mass is 14.8. The van der Waals surface area contributed by atoms with E-state index in [0.29, 0.717) is 0 Å². The average Bonchev–Trinajstić information content (AvgIpc) is 1.77. The zero-order valence-corrected chi connectivity index (χ0v) is 4.83. The minimum absolute atomic E-state index is 1.06. The van der Waals surface area contributed by atoms with Gasteiger partial charge in [-0.15, -0.1) is 7.98 Å². The van der Waals surface area contributed by atoms with Crippen LogP contribution < -0.4 is 4.48 Å². The molecular weight excluding hydrogens is 96.9 g/mol. The summed E-state index contributed by atoms with van der Waals surface area (Å²) in [6.07, 6.45) is 1.81. The van der Waals surface area contributed by atoms with E-state index in [2.05, 4.69) is 0 Å². The summed E-state index contributed by atoms with van der Waals surface area (Å²) in [6, 6.07) is 5.81. The van der Waals surface area contributed by atoms with Crippen LogP contribution in [0.1, 0.15) is 5.69 Å². The number of hydrogen-bond donors (Lipinski definition) is 0. The van der Waals surface area contributed by atoms with Gasteiger partial charge in [-0.3, -0.25) is 0 Å². The third-order valence-corrected chi connectivity index (χ3v) is 1.10. The first-order chi connectivity index (χ1) is 3.80. The molecule has 1 heterocycles. The molecule has 0 spiro atoms. The Morgan fingerprint density at radius 1 is 1.50 bits per heavy atom. The zero-order chi connectivity index (χ0) is 5.98. The van der Waals surface area contributed by atoms with Crippen molar-refractivity contribution < 1.29 is 4.48 Å². The summed E-state index contributed by atoms with van der Waals surface area (Å²) in [5.41, 5.74) is 1.06. The first-order valence-corrected chi connectivity index (χ1v) is 2.53. The molecule has 0 unspecified atom stereocenters. The number of aryl methyl sites for hydroxylation is 1. The van der Waals surface area contributed by atoms with Gasteiger partial charge in [0, 0.05) is 6.92 Å². The summed E-state index contributed by atoms with van der Waals surface area (Å²) in [4.78, 5) is 0. The molecule has 0 saturated heterocycles. The quantitative estimate of drug-likeness (QED) is 0.414. The maximum Gasteiger partial charge on any atom is 0.118 e. The van der Waals surface area contributed by atoms with Crippen LogP contribution in [0.4, 0.5) is 0 Å². The number of pyridine rings is 1. The third-order valence-electron chi connectivity index (χ3n) is 1.10. The van der Waals surface area contributed by atoms with Crippen molar-refractivity contribution in [3.05, 3.63) is 30.1 Å². The van der Waals surface area contributed by atoms with E-state index in [1.807, 2.05) is 31.3 Å². The Kier molecular flexibility index (Phi) is 1.33. The van der Waals surface area contributed by atoms with Crippen molar-refractivity contribution in [3.8, 4) is 0 Å². The molecule has 0 amide bonds. The maximum atomic E-state index is 5.44. The second-order valence-corrected chi connectivity index (χ2v) is 1.75. The van der Waals surface area contributed by atoms with Gasteiger partial charge in [-0.05, 0) is 12.1 Å². The smallest absolute Gasteiger partial charge is 0.118 e. The molecule has 3 radical (unpaired) electrons. The Hall–Kier alpha value is -0.785. The molecule has 0 aromatic carbocycles. The fraction of sp³-hybridized carbons (Fsp3) is 0.167. The molecule has 1 aromatic rings. The molecule has 2 heteroatoms. The third kappa shape index (κ3) is 0.888. The molecule has 0 aliphatic carbocycles. The lowest BCUT2D eigenvalue weighted by molar-refractivity contribution is -0.529. The van der Waals surface area contributed by atoms with Crippen LogP contribution in [0, 0.1) is 6.92 Å². The van der Waals surface area contributed by atoms with Gasteiger partial charge in [0.25, 0.3) is 0 Å². The van der Waals surface area contributed by atoms with E-state index in [9.17, 15) is 0 Å². The molecule has 1 aromatic heterocycles. The van der Waals surface area contributed by atoms with Crippen molar-refractivity contribution >= 4 is 7.98 Å². The van der Waals surface area contributed by atoms with E-state index in [1.165, 1.54) is 0 Å². The zero-order valence-electron chi connectivity index (χ0n) is 4.83. The van der Waals surface area contributed by atoms with Crippen LogP contribution in [0.3, 0.4) is 0 Å². The number of nitrogens with zero attached hydrogens (tertiary/aromatic N) is 1. The summed E-state index contributed by atoms with van der Waals surface area (Å²) < 4.78 is 1.58. The van der Waals surface area contributed by atoms with Crippen molar-refractivity contribution in [2.75, 3.05) is 0 Å². The van der Waals surface area contributed by atoms with E-state index in [1.54, 1.807) is 4.48 Å². The Labute approximate surface area is 50.4 Å². The number of hydrogen-bond acceptors (Lipinski definition) is 0. The molecular formula is C6H7BN. The molecule has 0 N–H and O–H groups in total. The van der Waals surface area contributed by atoms with Gasteiger partial charge in [-0.25, -0.2) is 0 Å². The number of aromatic nitrogens is 1. The van der Waals surface area contributed by atoms with Gasteiger partial charge < -0.3 is 4.48 Å². The van der Waals surface area contributed by atoms with Gasteiger partial charge in [-0.2, -0.15) is 0 Å². The monoisotopic (exact) mass is 104 g/mol. The van der Waals surface area contributed by atoms with Crippen LogP contribution in [-0.2, 0) is 0 Å². The maximum absolute atomic E-state index is 5.44. The van der Waals surface area contributed by atoms with Gasteiger partial charge >= 0.3 is 0 Å². The summed E-state index contributed by atoms with van der Waals surface area (Å²) in [5, 5.41) is 0. The second-order valence-electron chi connectivity index (χ2n) is 1.75. The van der Waals surface area contributed by atoms with Crippen LogP contribution in [0.2, 0.25) is 0 Å². The van der Waals surface area contributed by atoms with Gasteiger partial charge in [-0.1, -0.05) is 6.07 Å². The molecule has 0 saturated carbocycles. The SMILES string of the molecule is [B-][n+]1ccccc1C. The molecule has 0 atom stereocenters. The normalized spacial score (nSPS) is 9.25. The lowest BCUT2D eigenvalue weighted by Crippen LogP contribution is -2.33. The Balaban J connectivity index is 3.13. The molecule has 0 bridgehead atoms. The second kappa shape index (κ2) is 1.99. The van der Waals surface area contributed by atoms with Crippen molar-refractivity contribution in [2.24, 2.45) is 0 Å². The van der Waals surface area contributed by atoms with Crippen LogP contribution in [0.25, 0.3) is 0 Å². The van der Waals surface area contributed by atoms with E-state index < -0.39 is 0 Å². The largest absolute Gasteiger partial charge is 0.513 e. The average molecular weight is 104 g/mol. The summed E-state index contributed by atoms with van der Waals surface area (Å²) >= 11 is 0. The van der Waals surface area contributed by atoms with E-state index >= 15 is 0 Å². The minimum Gasteiger partial charge on any atom is -0.513 e. The fourth-order valence-corrected chi connectivity index (χ4v) is 0.541. The highest BCUT2D eigenvalue weighted by molar-refractivity contribution is 5.94. The minimum atomic E-state index is 1.06. The molecule has 1 rings (SSSR count). The van der Waals surface area contributed by atoms with Crippen LogP contribution in [0.5, 0.6) is 0 Å². The van der Waals surface area contributed by atoms with E-state index in [0.717, 1.165) is 5.69 Å². The fourth-order valence-electron chi connectivity index (χ4n) is 0.541. The van der Waals surface area contributed by atoms with Crippen LogP contribution in [-0.4, -0.2) is 7.98 Å². The highest BCUT2D eigenvalue weighted by Crippen LogP contribution is 1.83. The van der Waals surface area contributed by atoms with Gasteiger partial charge in [0.15, 0.2) is 0 Å². The topological polar surface area (TPSA) is 3.88 Å². The summed E-state index contributed by atoms with van der Waals surface area (Å²) in [6.45, 7) is 1.96. The molecule has 8 heavy (non-hydrogen) atoms. The van der Waals surface area contributed by atoms with Gasteiger partial charge in [0.2, 0.25) is 0 Å². The Morgan fingerprint density at radius 2 is 2.25 bits per heavy atom. The van der Waals surface area contributed by atoms with E-state index in [4.69, 9.17) is 7.98 Å². The first kappa shape index (κ1) is 5.35. The Bertz CT molecular complexity index is 165. The lowest BCUT2D eigenvalue weighted by Gasteiger charge is -2.02. The Morgan fingerprint density at radius 3 is 2.62 bits per heavy atom. The summed E-state index contributed by atoms with van der Waals surface area (Å²) in [5.74, 6) is 0. The van der Waals surface area contributed by atoms with E-state index in [-0.39, 0.29) is 0 Å². The van der Waals surface area contributed by atoms with Crippen LogP contribution in [0.15, 0.2) is 24.4 Å². The molecule has 39 valence electrons. The predicted octanol–water partition coefficient (Wildman–Crippen LogP) is 0.214. The lowest BCUT2D eigenvalue weighted by atomic mass is 10.3. The van der Waals surface area contributed by atoms with Gasteiger partial charge in [0.05, 0.1) is 0 Å². The van der Waals surface area contributed by atoms with Crippen molar-refractivity contribution in [1.29, 1.82) is 0 Å². The van der Waals surface area contributed by atoms with Crippen LogP contribution >= 0.6 is 0 Å². The molecule has 0 aliphatic rings. The molecule has 0 aliphatic heterocycles. The van der Waals surface area contributed by atoms with Crippen molar-refractivity contribution in [2.45, 2.75) is 6.92 Å². The van der Waals surface area contributed by atoms with Crippen molar-refractivity contribution in [1.82, 2.24) is 0 Å². The van der Waals surface area contributed by atoms with Gasteiger partial charge in [0.1, 0.15) is 11.9 Å². The molecule has 0 fully saturated rings. The standard InChI is InChI=1S/C6H7BN/c1-6-4-2-3-5-8(6)7/h2-5H,1H3.